The van der Waals surface area contributed by atoms with Gasteiger partial charge in [0.15, 0.2) is 0 Å². The predicted octanol–water partition coefficient (Wildman–Crippen LogP) is 2.66. The van der Waals surface area contributed by atoms with Crippen molar-refractivity contribution in [3.05, 3.63) is 36.3 Å². The molecule has 0 amide bonds. The predicted molar refractivity (Wildman–Crippen MR) is 49.0 cm³/mol. The maximum Gasteiger partial charge on any atom is 0.137 e. The van der Waals surface area contributed by atoms with Gasteiger partial charge in [-0.15, -0.1) is 12.6 Å². The molecule has 0 bridgehead atoms. The number of halogens is 1. The van der Waals surface area contributed by atoms with Crippen LogP contribution < -0.4 is 0 Å². The van der Waals surface area contributed by atoms with E-state index < -0.39 is 0 Å². The summed E-state index contributed by atoms with van der Waals surface area (Å²) < 4.78 is 12.9. The van der Waals surface area contributed by atoms with Gasteiger partial charge >= 0.3 is 0 Å². The van der Waals surface area contributed by atoms with Crippen LogP contribution in [-0.4, -0.2) is 4.98 Å². The Morgan fingerprint density at radius 3 is 2.92 bits per heavy atom. The second-order valence-corrected chi connectivity index (χ2v) is 2.91. The zero-order valence-corrected chi connectivity index (χ0v) is 7.05. The Hall–Kier alpha value is -1.09. The summed E-state index contributed by atoms with van der Waals surface area (Å²) in [6, 6.07) is 6.58. The van der Waals surface area contributed by atoms with Crippen molar-refractivity contribution in [3.63, 3.8) is 0 Å². The van der Waals surface area contributed by atoms with E-state index in [0.717, 1.165) is 10.9 Å². The fourth-order valence-corrected chi connectivity index (χ4v) is 1.37. The van der Waals surface area contributed by atoms with Crippen LogP contribution in [0.15, 0.2) is 35.4 Å². The summed E-state index contributed by atoms with van der Waals surface area (Å²) in [5.74, 6) is -0.307. The Kier molecular flexibility index (Phi) is 1.73. The van der Waals surface area contributed by atoms with Crippen molar-refractivity contribution < 1.29 is 4.39 Å². The van der Waals surface area contributed by atoms with E-state index in [0.29, 0.717) is 4.90 Å². The first-order valence-corrected chi connectivity index (χ1v) is 3.96. The highest BCUT2D eigenvalue weighted by atomic mass is 32.1. The molecule has 1 heterocycles. The number of nitrogens with zero attached hydrogens (tertiary/aromatic N) is 1. The number of hydrogen-bond donors (Lipinski definition) is 1. The molecular formula is C9H6FNS. The maximum absolute atomic E-state index is 12.9. The van der Waals surface area contributed by atoms with E-state index >= 15 is 0 Å². The third-order valence-corrected chi connectivity index (χ3v) is 2.16. The second kappa shape index (κ2) is 2.75. The van der Waals surface area contributed by atoms with Crippen molar-refractivity contribution in [1.82, 2.24) is 4.98 Å². The normalized spacial score (nSPS) is 10.5. The molecule has 1 nitrogen and oxygen atoms in total. The molecule has 0 atom stereocenters. The first-order chi connectivity index (χ1) is 5.79. The summed E-state index contributed by atoms with van der Waals surface area (Å²) in [4.78, 5) is 4.43. The van der Waals surface area contributed by atoms with Gasteiger partial charge in [0.05, 0.1) is 5.52 Å². The lowest BCUT2D eigenvalue weighted by molar-refractivity contribution is 0.606. The second-order valence-electron chi connectivity index (χ2n) is 2.47. The van der Waals surface area contributed by atoms with Crippen molar-refractivity contribution in [2.75, 3.05) is 0 Å². The Bertz CT molecular complexity index is 428. The number of pyridine rings is 1. The van der Waals surface area contributed by atoms with Crippen LogP contribution in [0, 0.1) is 5.82 Å². The van der Waals surface area contributed by atoms with Crippen molar-refractivity contribution in [3.8, 4) is 0 Å². The smallest absolute Gasteiger partial charge is 0.137 e. The van der Waals surface area contributed by atoms with Crippen LogP contribution in [-0.2, 0) is 0 Å². The minimum atomic E-state index is -0.307. The van der Waals surface area contributed by atoms with Crippen LogP contribution >= 0.6 is 12.6 Å². The van der Waals surface area contributed by atoms with Gasteiger partial charge in [-0.1, -0.05) is 6.07 Å². The summed E-state index contributed by atoms with van der Waals surface area (Å²) in [6.07, 6.45) is 1.67. The molecule has 0 fully saturated rings. The highest BCUT2D eigenvalue weighted by Crippen LogP contribution is 2.22. The van der Waals surface area contributed by atoms with Crippen LogP contribution in [0.3, 0.4) is 0 Å². The van der Waals surface area contributed by atoms with Crippen LogP contribution in [0.4, 0.5) is 4.39 Å². The molecule has 0 saturated heterocycles. The molecular weight excluding hydrogens is 173 g/mol. The zero-order valence-electron chi connectivity index (χ0n) is 6.16. The molecule has 2 rings (SSSR count). The summed E-state index contributed by atoms with van der Waals surface area (Å²) >= 11 is 4.05. The first kappa shape index (κ1) is 7.55. The fraction of sp³-hybridized carbons (Fsp3) is 0. The van der Waals surface area contributed by atoms with Crippen molar-refractivity contribution in [1.29, 1.82) is 0 Å². The highest BCUT2D eigenvalue weighted by Gasteiger charge is 2.02. The molecule has 12 heavy (non-hydrogen) atoms. The van der Waals surface area contributed by atoms with Crippen molar-refractivity contribution in [2.24, 2.45) is 0 Å². The average molecular weight is 179 g/mol. The molecule has 60 valence electrons. The van der Waals surface area contributed by atoms with Gasteiger partial charge in [0.25, 0.3) is 0 Å². The Balaban J connectivity index is 2.91. The molecule has 0 radical (unpaired) electrons. The summed E-state index contributed by atoms with van der Waals surface area (Å²) in [5, 5.41) is 0.751. The van der Waals surface area contributed by atoms with Crippen LogP contribution in [0.5, 0.6) is 0 Å². The minimum absolute atomic E-state index is 0.307. The van der Waals surface area contributed by atoms with Gasteiger partial charge in [-0.2, -0.15) is 0 Å². The Morgan fingerprint density at radius 2 is 2.08 bits per heavy atom. The van der Waals surface area contributed by atoms with Gasteiger partial charge in [-0.25, -0.2) is 4.39 Å². The third-order valence-electron chi connectivity index (χ3n) is 1.71. The summed E-state index contributed by atoms with van der Waals surface area (Å²) in [5.41, 5.74) is 0.768. The number of hydrogen-bond acceptors (Lipinski definition) is 2. The van der Waals surface area contributed by atoms with Gasteiger partial charge in [0.2, 0.25) is 0 Å². The van der Waals surface area contributed by atoms with Crippen molar-refractivity contribution in [2.45, 2.75) is 4.90 Å². The number of rotatable bonds is 0. The molecule has 3 heteroatoms. The Labute approximate surface area is 74.7 Å². The standard InChI is InChI=1S/C9H6FNS/c10-7-3-4-8-6(9(7)12)2-1-5-11-8/h1-5,12H. The molecule has 0 unspecified atom stereocenters. The van der Waals surface area contributed by atoms with Crippen molar-refractivity contribution >= 4 is 23.5 Å². The summed E-state index contributed by atoms with van der Waals surface area (Å²) in [7, 11) is 0. The third kappa shape index (κ3) is 1.06. The van der Waals surface area contributed by atoms with E-state index in [1.165, 1.54) is 6.07 Å². The van der Waals surface area contributed by atoms with E-state index in [4.69, 9.17) is 0 Å². The summed E-state index contributed by atoms with van der Waals surface area (Å²) in [6.45, 7) is 0. The van der Waals surface area contributed by atoms with E-state index in [-0.39, 0.29) is 5.82 Å². The van der Waals surface area contributed by atoms with Gasteiger partial charge in [-0.05, 0) is 18.2 Å². The molecule has 0 spiro atoms. The van der Waals surface area contributed by atoms with E-state index in [9.17, 15) is 4.39 Å². The monoisotopic (exact) mass is 179 g/mol. The van der Waals surface area contributed by atoms with Gasteiger partial charge in [-0.3, -0.25) is 4.98 Å². The minimum Gasteiger partial charge on any atom is -0.256 e. The van der Waals surface area contributed by atoms with Gasteiger partial charge < -0.3 is 0 Å². The van der Waals surface area contributed by atoms with Crippen LogP contribution in [0.2, 0.25) is 0 Å². The fourth-order valence-electron chi connectivity index (χ4n) is 1.11. The SMILES string of the molecule is Fc1ccc2ncccc2c1S. The quantitative estimate of drug-likeness (QED) is 0.613. The largest absolute Gasteiger partial charge is 0.256 e. The average Bonchev–Trinajstić information content (AvgIpc) is 2.12. The van der Waals surface area contributed by atoms with Crippen LogP contribution in [0.25, 0.3) is 10.9 Å². The lowest BCUT2D eigenvalue weighted by Crippen LogP contribution is -1.82. The number of aromatic nitrogens is 1. The molecule has 0 aliphatic rings. The lowest BCUT2D eigenvalue weighted by Gasteiger charge is -1.99. The number of benzene rings is 1. The topological polar surface area (TPSA) is 12.9 Å². The highest BCUT2D eigenvalue weighted by molar-refractivity contribution is 7.80. The van der Waals surface area contributed by atoms with Crippen LogP contribution in [0.1, 0.15) is 0 Å². The maximum atomic E-state index is 12.9. The molecule has 1 aromatic heterocycles. The van der Waals surface area contributed by atoms with Gasteiger partial charge in [0.1, 0.15) is 5.82 Å². The van der Waals surface area contributed by atoms with E-state index in [2.05, 4.69) is 17.6 Å². The Morgan fingerprint density at radius 1 is 1.25 bits per heavy atom. The molecule has 1 aromatic carbocycles. The lowest BCUT2D eigenvalue weighted by atomic mass is 10.2. The first-order valence-electron chi connectivity index (χ1n) is 3.51. The molecule has 0 aliphatic heterocycles. The van der Waals surface area contributed by atoms with Gasteiger partial charge in [0, 0.05) is 16.5 Å². The zero-order chi connectivity index (χ0) is 8.55. The molecule has 0 saturated carbocycles. The van der Waals surface area contributed by atoms with E-state index in [1.54, 1.807) is 24.4 Å². The molecule has 2 aromatic rings. The van der Waals surface area contributed by atoms with E-state index in [1.807, 2.05) is 0 Å². The molecule has 0 aliphatic carbocycles. The molecule has 0 N–H and O–H groups in total. The number of thiol groups is 1. The number of fused-ring (bicyclic) bond motifs is 1.